The molecule has 20 heavy (non-hydrogen) atoms. The van der Waals surface area contributed by atoms with Crippen LogP contribution in [0.1, 0.15) is 17.3 Å². The summed E-state index contributed by atoms with van der Waals surface area (Å²) < 4.78 is 24.1. The fourth-order valence-corrected chi connectivity index (χ4v) is 1.90. The Bertz CT molecular complexity index is 656. The molecular weight excluding hydrogens is 283 g/mol. The molecule has 2 rings (SSSR count). The monoisotopic (exact) mass is 294 g/mol. The first-order valence-electron chi connectivity index (χ1n) is 5.83. The van der Waals surface area contributed by atoms with E-state index in [2.05, 4.69) is 0 Å². The summed E-state index contributed by atoms with van der Waals surface area (Å²) in [4.78, 5) is 11.7. The first kappa shape index (κ1) is 14.3. The summed E-state index contributed by atoms with van der Waals surface area (Å²) in [7, 11) is 1.47. The standard InChI is InChI=1S/C15H12ClFO3/c1-9(18)15-13(19-2)4-3-5-14(15)20-10-6-7-11(16)12(17)8-10/h3-8H,1-2H3. The third kappa shape index (κ3) is 2.91. The van der Waals surface area contributed by atoms with Crippen LogP contribution in [0.2, 0.25) is 5.02 Å². The molecule has 0 radical (unpaired) electrons. The zero-order valence-corrected chi connectivity index (χ0v) is 11.7. The Kier molecular flexibility index (Phi) is 4.25. The van der Waals surface area contributed by atoms with Crippen LogP contribution < -0.4 is 9.47 Å². The first-order chi connectivity index (χ1) is 9.52. The van der Waals surface area contributed by atoms with Gasteiger partial charge >= 0.3 is 0 Å². The van der Waals surface area contributed by atoms with Gasteiger partial charge in [-0.25, -0.2) is 4.39 Å². The van der Waals surface area contributed by atoms with Crippen LogP contribution >= 0.6 is 11.6 Å². The van der Waals surface area contributed by atoms with E-state index in [9.17, 15) is 9.18 Å². The largest absolute Gasteiger partial charge is 0.496 e. The van der Waals surface area contributed by atoms with Crippen molar-refractivity contribution in [2.75, 3.05) is 7.11 Å². The van der Waals surface area contributed by atoms with E-state index in [0.717, 1.165) is 6.07 Å². The first-order valence-corrected chi connectivity index (χ1v) is 6.21. The van der Waals surface area contributed by atoms with E-state index in [-0.39, 0.29) is 16.6 Å². The van der Waals surface area contributed by atoms with Gasteiger partial charge in [0.1, 0.15) is 28.6 Å². The summed E-state index contributed by atoms with van der Waals surface area (Å²) in [5.41, 5.74) is 0.311. The van der Waals surface area contributed by atoms with Crippen molar-refractivity contribution in [1.29, 1.82) is 0 Å². The molecule has 0 spiro atoms. The van der Waals surface area contributed by atoms with E-state index in [0.29, 0.717) is 17.1 Å². The highest BCUT2D eigenvalue weighted by atomic mass is 35.5. The summed E-state index contributed by atoms with van der Waals surface area (Å²) in [5.74, 6) is 0.175. The van der Waals surface area contributed by atoms with Crippen LogP contribution in [0.4, 0.5) is 4.39 Å². The van der Waals surface area contributed by atoms with Gasteiger partial charge in [0.15, 0.2) is 5.78 Å². The number of carbonyl (C=O) groups is 1. The predicted octanol–water partition coefficient (Wildman–Crippen LogP) is 4.48. The summed E-state index contributed by atoms with van der Waals surface area (Å²) in [6, 6.07) is 9.03. The zero-order chi connectivity index (χ0) is 14.7. The molecule has 0 bridgehead atoms. The average molecular weight is 295 g/mol. The van der Waals surface area contributed by atoms with Gasteiger partial charge in [0.05, 0.1) is 12.1 Å². The number of halogens is 2. The molecule has 0 amide bonds. The van der Waals surface area contributed by atoms with Crippen molar-refractivity contribution < 1.29 is 18.7 Å². The number of carbonyl (C=O) groups excluding carboxylic acids is 1. The fraction of sp³-hybridized carbons (Fsp3) is 0.133. The molecule has 104 valence electrons. The van der Waals surface area contributed by atoms with E-state index in [4.69, 9.17) is 21.1 Å². The minimum Gasteiger partial charge on any atom is -0.496 e. The molecule has 2 aromatic rings. The van der Waals surface area contributed by atoms with Gasteiger partial charge in [0, 0.05) is 6.07 Å². The molecule has 0 fully saturated rings. The van der Waals surface area contributed by atoms with Crippen molar-refractivity contribution in [3.05, 3.63) is 52.8 Å². The third-order valence-corrected chi connectivity index (χ3v) is 2.99. The highest BCUT2D eigenvalue weighted by Crippen LogP contribution is 2.33. The summed E-state index contributed by atoms with van der Waals surface area (Å²) >= 11 is 5.61. The molecule has 0 unspecified atom stereocenters. The van der Waals surface area contributed by atoms with E-state index in [1.807, 2.05) is 0 Å². The summed E-state index contributed by atoms with van der Waals surface area (Å²) in [6.07, 6.45) is 0. The lowest BCUT2D eigenvalue weighted by molar-refractivity contribution is 0.101. The molecule has 5 heteroatoms. The Hall–Kier alpha value is -2.07. The molecule has 0 saturated carbocycles. The minimum atomic E-state index is -0.587. The summed E-state index contributed by atoms with van der Waals surface area (Å²) in [5, 5.41) is 0.00906. The number of methoxy groups -OCH3 is 1. The van der Waals surface area contributed by atoms with Crippen LogP contribution in [0.5, 0.6) is 17.2 Å². The second-order valence-electron chi connectivity index (χ2n) is 4.07. The predicted molar refractivity (Wildman–Crippen MR) is 74.5 cm³/mol. The fourth-order valence-electron chi connectivity index (χ4n) is 1.78. The number of ketones is 1. The van der Waals surface area contributed by atoms with Crippen LogP contribution in [0.15, 0.2) is 36.4 Å². The number of hydrogen-bond acceptors (Lipinski definition) is 3. The highest BCUT2D eigenvalue weighted by molar-refractivity contribution is 6.30. The van der Waals surface area contributed by atoms with Gasteiger partial charge in [0.2, 0.25) is 0 Å². The van der Waals surface area contributed by atoms with Crippen molar-refractivity contribution in [3.8, 4) is 17.2 Å². The lowest BCUT2D eigenvalue weighted by atomic mass is 10.1. The minimum absolute atomic E-state index is 0.00906. The molecule has 0 aliphatic rings. The Morgan fingerprint density at radius 1 is 1.20 bits per heavy atom. The maximum absolute atomic E-state index is 13.4. The lowest BCUT2D eigenvalue weighted by Crippen LogP contribution is -2.01. The quantitative estimate of drug-likeness (QED) is 0.780. The number of ether oxygens (including phenoxy) is 2. The van der Waals surface area contributed by atoms with Crippen molar-refractivity contribution in [3.63, 3.8) is 0 Å². The average Bonchev–Trinajstić information content (AvgIpc) is 2.42. The molecule has 0 N–H and O–H groups in total. The van der Waals surface area contributed by atoms with E-state index < -0.39 is 5.82 Å². The van der Waals surface area contributed by atoms with Crippen LogP contribution in [0.3, 0.4) is 0 Å². The SMILES string of the molecule is COc1cccc(Oc2ccc(Cl)c(F)c2)c1C(C)=O. The Morgan fingerprint density at radius 2 is 1.90 bits per heavy atom. The lowest BCUT2D eigenvalue weighted by Gasteiger charge is -2.12. The topological polar surface area (TPSA) is 35.5 Å². The van der Waals surface area contributed by atoms with Gasteiger partial charge in [-0.05, 0) is 31.2 Å². The van der Waals surface area contributed by atoms with E-state index in [1.54, 1.807) is 18.2 Å². The maximum Gasteiger partial charge on any atom is 0.167 e. The molecule has 0 aliphatic heterocycles. The maximum atomic E-state index is 13.4. The molecule has 0 aliphatic carbocycles. The van der Waals surface area contributed by atoms with Crippen LogP contribution in [0, 0.1) is 5.82 Å². The summed E-state index contributed by atoms with van der Waals surface area (Å²) in [6.45, 7) is 1.41. The van der Waals surface area contributed by atoms with Gasteiger partial charge in [0.25, 0.3) is 0 Å². The van der Waals surface area contributed by atoms with Gasteiger partial charge in [-0.3, -0.25) is 4.79 Å². The Morgan fingerprint density at radius 3 is 2.50 bits per heavy atom. The van der Waals surface area contributed by atoms with Gasteiger partial charge in [-0.2, -0.15) is 0 Å². The van der Waals surface area contributed by atoms with Crippen molar-refractivity contribution >= 4 is 17.4 Å². The van der Waals surface area contributed by atoms with Crippen molar-refractivity contribution in [2.45, 2.75) is 6.92 Å². The number of benzene rings is 2. The Balaban J connectivity index is 2.42. The van der Waals surface area contributed by atoms with E-state index in [1.165, 1.54) is 26.2 Å². The third-order valence-electron chi connectivity index (χ3n) is 2.68. The Labute approximate surface area is 120 Å². The van der Waals surface area contributed by atoms with Gasteiger partial charge in [-0.1, -0.05) is 17.7 Å². The van der Waals surface area contributed by atoms with Crippen molar-refractivity contribution in [2.24, 2.45) is 0 Å². The number of hydrogen-bond donors (Lipinski definition) is 0. The van der Waals surface area contributed by atoms with Crippen LogP contribution in [-0.2, 0) is 0 Å². The van der Waals surface area contributed by atoms with Crippen LogP contribution in [0.25, 0.3) is 0 Å². The molecule has 0 saturated heterocycles. The molecule has 3 nitrogen and oxygen atoms in total. The van der Waals surface area contributed by atoms with E-state index >= 15 is 0 Å². The molecular formula is C15H12ClFO3. The molecule has 2 aromatic carbocycles. The second-order valence-corrected chi connectivity index (χ2v) is 4.47. The number of rotatable bonds is 4. The zero-order valence-electron chi connectivity index (χ0n) is 10.9. The van der Waals surface area contributed by atoms with Crippen molar-refractivity contribution in [1.82, 2.24) is 0 Å². The molecule has 0 heterocycles. The normalized spacial score (nSPS) is 10.2. The molecule has 0 aromatic heterocycles. The molecule has 0 atom stereocenters. The van der Waals surface area contributed by atoms with Gasteiger partial charge in [-0.15, -0.1) is 0 Å². The smallest absolute Gasteiger partial charge is 0.167 e. The second kappa shape index (κ2) is 5.92. The number of Topliss-reactive ketones (excluding diaryl/α,β-unsaturated/α-hetero) is 1. The van der Waals surface area contributed by atoms with Gasteiger partial charge < -0.3 is 9.47 Å². The highest BCUT2D eigenvalue weighted by Gasteiger charge is 2.15. The van der Waals surface area contributed by atoms with Crippen LogP contribution in [-0.4, -0.2) is 12.9 Å².